The number of aryl methyl sites for hydroxylation is 1. The van der Waals surface area contributed by atoms with Crippen LogP contribution in [-0.4, -0.2) is 53.0 Å². The molecule has 6 heteroatoms. The van der Waals surface area contributed by atoms with Crippen LogP contribution in [0.1, 0.15) is 54.0 Å². The lowest BCUT2D eigenvalue weighted by atomic mass is 10.2. The van der Waals surface area contributed by atoms with Crippen LogP contribution in [-0.2, 0) is 0 Å². The van der Waals surface area contributed by atoms with Crippen molar-refractivity contribution in [2.24, 2.45) is 5.73 Å². The van der Waals surface area contributed by atoms with Crippen LogP contribution in [0, 0.1) is 13.8 Å². The third-order valence-corrected chi connectivity index (χ3v) is 5.27. The van der Waals surface area contributed by atoms with Gasteiger partial charge in [-0.15, -0.1) is 0 Å². The fraction of sp³-hybridized carbons (Fsp3) is 0.706. The molecule has 1 saturated heterocycles. The smallest absolute Gasteiger partial charge is 0.291 e. The first-order chi connectivity index (χ1) is 11.0. The van der Waals surface area contributed by atoms with E-state index in [0.717, 1.165) is 49.4 Å². The summed E-state index contributed by atoms with van der Waals surface area (Å²) in [6, 6.07) is 0.515. The van der Waals surface area contributed by atoms with Gasteiger partial charge in [0.25, 0.3) is 5.91 Å². The first-order valence-corrected chi connectivity index (χ1v) is 8.60. The summed E-state index contributed by atoms with van der Waals surface area (Å²) in [7, 11) is 1.88. The molecular formula is C17H27N5O. The van der Waals surface area contributed by atoms with Crippen LogP contribution in [0.5, 0.6) is 0 Å². The molecular weight excluding hydrogens is 290 g/mol. The maximum Gasteiger partial charge on any atom is 0.291 e. The molecule has 0 unspecified atom stereocenters. The average molecular weight is 317 g/mol. The summed E-state index contributed by atoms with van der Waals surface area (Å²) < 4.78 is 0. The van der Waals surface area contributed by atoms with E-state index in [1.807, 2.05) is 25.8 Å². The van der Waals surface area contributed by atoms with Gasteiger partial charge >= 0.3 is 0 Å². The molecule has 1 aromatic heterocycles. The van der Waals surface area contributed by atoms with Crippen molar-refractivity contribution < 1.29 is 4.79 Å². The monoisotopic (exact) mass is 317 g/mol. The number of hydrogen-bond donors (Lipinski definition) is 1. The number of carbonyl (C=O) groups is 1. The SMILES string of the molecule is Cc1nc(C(=O)N(C)C2CCCC2)nc(N2CC[C@@H](N)C2)c1C. The largest absolute Gasteiger partial charge is 0.355 e. The van der Waals surface area contributed by atoms with Crippen LogP contribution < -0.4 is 10.6 Å². The Bertz CT molecular complexity index is 597. The summed E-state index contributed by atoms with van der Waals surface area (Å²) in [5.74, 6) is 1.12. The van der Waals surface area contributed by atoms with Crippen molar-refractivity contribution in [1.82, 2.24) is 14.9 Å². The Morgan fingerprint density at radius 1 is 1.22 bits per heavy atom. The zero-order valence-corrected chi connectivity index (χ0v) is 14.4. The van der Waals surface area contributed by atoms with Crippen LogP contribution in [0.25, 0.3) is 0 Å². The molecule has 0 radical (unpaired) electrons. The zero-order valence-electron chi connectivity index (χ0n) is 14.4. The lowest BCUT2D eigenvalue weighted by Gasteiger charge is -2.25. The third kappa shape index (κ3) is 3.17. The van der Waals surface area contributed by atoms with Gasteiger partial charge in [-0.3, -0.25) is 4.79 Å². The van der Waals surface area contributed by atoms with Gasteiger partial charge < -0.3 is 15.5 Å². The molecule has 2 aliphatic rings. The lowest BCUT2D eigenvalue weighted by Crippen LogP contribution is -2.37. The molecule has 1 saturated carbocycles. The van der Waals surface area contributed by atoms with Crippen molar-refractivity contribution in [3.63, 3.8) is 0 Å². The molecule has 1 atom stereocenters. The molecule has 6 nitrogen and oxygen atoms in total. The van der Waals surface area contributed by atoms with E-state index in [1.165, 1.54) is 12.8 Å². The minimum Gasteiger partial charge on any atom is -0.355 e. The quantitative estimate of drug-likeness (QED) is 0.917. The number of carbonyl (C=O) groups excluding carboxylic acids is 1. The van der Waals surface area contributed by atoms with Gasteiger partial charge in [0.15, 0.2) is 0 Å². The minimum absolute atomic E-state index is 0.0651. The van der Waals surface area contributed by atoms with Crippen LogP contribution >= 0.6 is 0 Å². The summed E-state index contributed by atoms with van der Waals surface area (Å²) in [5, 5.41) is 0. The molecule has 1 aromatic rings. The van der Waals surface area contributed by atoms with Gasteiger partial charge in [-0.2, -0.15) is 0 Å². The number of amides is 1. The predicted molar refractivity (Wildman–Crippen MR) is 90.7 cm³/mol. The van der Waals surface area contributed by atoms with E-state index in [0.29, 0.717) is 11.9 Å². The van der Waals surface area contributed by atoms with E-state index >= 15 is 0 Å². The highest BCUT2D eigenvalue weighted by molar-refractivity contribution is 5.91. The molecule has 3 rings (SSSR count). The minimum atomic E-state index is -0.0651. The highest BCUT2D eigenvalue weighted by Gasteiger charge is 2.28. The zero-order chi connectivity index (χ0) is 16.6. The van der Waals surface area contributed by atoms with Crippen molar-refractivity contribution in [2.75, 3.05) is 25.0 Å². The number of hydrogen-bond acceptors (Lipinski definition) is 5. The lowest BCUT2D eigenvalue weighted by molar-refractivity contribution is 0.0722. The van der Waals surface area contributed by atoms with E-state index in [1.54, 1.807) is 0 Å². The van der Waals surface area contributed by atoms with E-state index in [2.05, 4.69) is 14.9 Å². The standard InChI is InChI=1S/C17H27N5O/c1-11-12(2)19-15(17(23)21(3)14-6-4-5-7-14)20-16(11)22-9-8-13(18)10-22/h13-14H,4-10,18H2,1-3H3/t13-/m1/s1. The first-order valence-electron chi connectivity index (χ1n) is 8.60. The first kappa shape index (κ1) is 16.2. The van der Waals surface area contributed by atoms with Gasteiger partial charge in [-0.1, -0.05) is 12.8 Å². The van der Waals surface area contributed by atoms with Crippen LogP contribution in [0.2, 0.25) is 0 Å². The second-order valence-electron chi connectivity index (χ2n) is 6.93. The van der Waals surface area contributed by atoms with E-state index in [-0.39, 0.29) is 11.9 Å². The Labute approximate surface area is 138 Å². The molecule has 0 aromatic carbocycles. The van der Waals surface area contributed by atoms with Crippen LogP contribution in [0.3, 0.4) is 0 Å². The number of anilines is 1. The van der Waals surface area contributed by atoms with Gasteiger partial charge in [0.2, 0.25) is 5.82 Å². The van der Waals surface area contributed by atoms with Crippen LogP contribution in [0.4, 0.5) is 5.82 Å². The fourth-order valence-electron chi connectivity index (χ4n) is 3.61. The molecule has 2 fully saturated rings. The van der Waals surface area contributed by atoms with Crippen molar-refractivity contribution in [3.05, 3.63) is 17.1 Å². The Hall–Kier alpha value is -1.69. The van der Waals surface area contributed by atoms with Gasteiger partial charge in [0.1, 0.15) is 5.82 Å². The van der Waals surface area contributed by atoms with Crippen LogP contribution in [0.15, 0.2) is 0 Å². The number of aromatic nitrogens is 2. The Kier molecular flexibility index (Phi) is 4.53. The summed E-state index contributed by atoms with van der Waals surface area (Å²) >= 11 is 0. The number of nitrogens with zero attached hydrogens (tertiary/aromatic N) is 4. The fourth-order valence-corrected chi connectivity index (χ4v) is 3.61. The highest BCUT2D eigenvalue weighted by Crippen LogP contribution is 2.26. The molecule has 0 bridgehead atoms. The summed E-state index contributed by atoms with van der Waals surface area (Å²) in [5.41, 5.74) is 7.93. The molecule has 0 spiro atoms. The molecule has 1 aliphatic carbocycles. The molecule has 1 amide bonds. The van der Waals surface area contributed by atoms with E-state index < -0.39 is 0 Å². The maximum atomic E-state index is 12.8. The van der Waals surface area contributed by atoms with Crippen molar-refractivity contribution in [1.29, 1.82) is 0 Å². The summed E-state index contributed by atoms with van der Waals surface area (Å²) in [6.07, 6.45) is 5.54. The second-order valence-corrected chi connectivity index (χ2v) is 6.93. The highest BCUT2D eigenvalue weighted by atomic mass is 16.2. The van der Waals surface area contributed by atoms with E-state index in [9.17, 15) is 4.79 Å². The Morgan fingerprint density at radius 3 is 2.52 bits per heavy atom. The second kappa shape index (κ2) is 6.43. The topological polar surface area (TPSA) is 75.4 Å². The number of rotatable bonds is 3. The number of nitrogens with two attached hydrogens (primary N) is 1. The van der Waals surface area contributed by atoms with Crippen molar-refractivity contribution in [2.45, 2.75) is 58.0 Å². The average Bonchev–Trinajstić information content (AvgIpc) is 3.20. The van der Waals surface area contributed by atoms with Gasteiger partial charge in [-0.25, -0.2) is 9.97 Å². The molecule has 126 valence electrons. The van der Waals surface area contributed by atoms with Crippen molar-refractivity contribution in [3.8, 4) is 0 Å². The molecule has 23 heavy (non-hydrogen) atoms. The van der Waals surface area contributed by atoms with Gasteiger partial charge in [0.05, 0.1) is 0 Å². The summed E-state index contributed by atoms with van der Waals surface area (Å²) in [6.45, 7) is 5.65. The third-order valence-electron chi connectivity index (χ3n) is 5.27. The predicted octanol–water partition coefficient (Wildman–Crippen LogP) is 1.65. The van der Waals surface area contributed by atoms with Gasteiger partial charge in [0, 0.05) is 43.5 Å². The maximum absolute atomic E-state index is 12.8. The normalized spacial score (nSPS) is 21.9. The van der Waals surface area contributed by atoms with Gasteiger partial charge in [-0.05, 0) is 33.1 Å². The van der Waals surface area contributed by atoms with E-state index in [4.69, 9.17) is 5.73 Å². The molecule has 1 aliphatic heterocycles. The Morgan fingerprint density at radius 2 is 1.91 bits per heavy atom. The molecule has 2 heterocycles. The Balaban J connectivity index is 1.87. The summed E-state index contributed by atoms with van der Waals surface area (Å²) in [4.78, 5) is 25.9. The van der Waals surface area contributed by atoms with Crippen molar-refractivity contribution >= 4 is 11.7 Å². The molecule has 2 N–H and O–H groups in total.